The maximum Gasteiger partial charge on any atom is 0.418 e. The van der Waals surface area contributed by atoms with Crippen molar-refractivity contribution in [3.63, 3.8) is 0 Å². The third-order valence-corrected chi connectivity index (χ3v) is 4.39. The monoisotopic (exact) mass is 403 g/mol. The number of hydrogen-bond donors (Lipinski definition) is 1. The second-order valence-electron chi connectivity index (χ2n) is 6.65. The summed E-state index contributed by atoms with van der Waals surface area (Å²) in [6.07, 6.45) is -3.93. The summed E-state index contributed by atoms with van der Waals surface area (Å²) >= 11 is 0. The van der Waals surface area contributed by atoms with E-state index in [-0.39, 0.29) is 17.3 Å². The van der Waals surface area contributed by atoms with Crippen molar-refractivity contribution in [1.82, 2.24) is 9.97 Å². The fraction of sp³-hybridized carbons (Fsp3) is 0.286. The van der Waals surface area contributed by atoms with Crippen molar-refractivity contribution in [3.05, 3.63) is 58.8 Å². The number of carbonyl (C=O) groups excluding carboxylic acids is 1. The number of carbonyl (C=O) groups is 1. The Morgan fingerprint density at radius 1 is 1.07 bits per heavy atom. The molecular weight excluding hydrogens is 383 g/mol. The van der Waals surface area contributed by atoms with E-state index in [4.69, 9.17) is 4.74 Å². The van der Waals surface area contributed by atoms with Crippen molar-refractivity contribution < 1.29 is 22.7 Å². The SMILES string of the molecule is CCCOc1nc2cc(C)c(C)cc2nc1C(=O)Nc1ccccc1C(F)(F)F. The lowest BCUT2D eigenvalue weighted by atomic mass is 10.1. The van der Waals surface area contributed by atoms with Crippen molar-refractivity contribution in [2.45, 2.75) is 33.4 Å². The van der Waals surface area contributed by atoms with Crippen molar-refractivity contribution in [2.75, 3.05) is 11.9 Å². The Morgan fingerprint density at radius 2 is 1.69 bits per heavy atom. The van der Waals surface area contributed by atoms with Gasteiger partial charge in [-0.3, -0.25) is 4.79 Å². The molecule has 1 aromatic heterocycles. The van der Waals surface area contributed by atoms with Gasteiger partial charge in [0.05, 0.1) is 28.9 Å². The second kappa shape index (κ2) is 8.06. The van der Waals surface area contributed by atoms with Gasteiger partial charge >= 0.3 is 6.18 Å². The third kappa shape index (κ3) is 4.47. The fourth-order valence-electron chi connectivity index (χ4n) is 2.76. The Balaban J connectivity index is 2.05. The first-order valence-corrected chi connectivity index (χ1v) is 9.10. The highest BCUT2D eigenvalue weighted by atomic mass is 19.4. The number of alkyl halides is 3. The first-order valence-electron chi connectivity index (χ1n) is 9.10. The minimum absolute atomic E-state index is 0.00964. The summed E-state index contributed by atoms with van der Waals surface area (Å²) in [6.45, 7) is 6.01. The standard InChI is InChI=1S/C21H20F3N3O2/c1-4-9-29-20-18(25-16-10-12(2)13(3)11-17(16)27-20)19(28)26-15-8-6-5-7-14(15)21(22,23)24/h5-8,10-11H,4,9H2,1-3H3,(H,26,28). The first kappa shape index (κ1) is 20.6. The van der Waals surface area contributed by atoms with Crippen LogP contribution in [0.25, 0.3) is 11.0 Å². The van der Waals surface area contributed by atoms with E-state index < -0.39 is 17.6 Å². The lowest BCUT2D eigenvalue weighted by molar-refractivity contribution is -0.136. The molecule has 1 N–H and O–H groups in total. The van der Waals surface area contributed by atoms with Crippen LogP contribution in [0.1, 0.15) is 40.5 Å². The van der Waals surface area contributed by atoms with Gasteiger partial charge in [0.15, 0.2) is 5.69 Å². The van der Waals surface area contributed by atoms with Crippen molar-refractivity contribution in [2.24, 2.45) is 0 Å². The van der Waals surface area contributed by atoms with E-state index in [0.29, 0.717) is 24.1 Å². The average Bonchev–Trinajstić information content (AvgIpc) is 2.66. The lowest BCUT2D eigenvalue weighted by Gasteiger charge is -2.15. The van der Waals surface area contributed by atoms with Gasteiger partial charge in [-0.2, -0.15) is 13.2 Å². The molecule has 0 aliphatic heterocycles. The number of para-hydroxylation sites is 1. The van der Waals surface area contributed by atoms with E-state index in [2.05, 4.69) is 15.3 Å². The Bertz CT molecular complexity index is 1060. The summed E-state index contributed by atoms with van der Waals surface area (Å²) in [5.41, 5.74) is 1.52. The number of amides is 1. The molecule has 0 radical (unpaired) electrons. The highest BCUT2D eigenvalue weighted by molar-refractivity contribution is 6.05. The van der Waals surface area contributed by atoms with Crippen LogP contribution in [0.5, 0.6) is 5.88 Å². The summed E-state index contributed by atoms with van der Waals surface area (Å²) in [5.74, 6) is -0.829. The van der Waals surface area contributed by atoms with Crippen LogP contribution < -0.4 is 10.1 Å². The molecule has 0 aliphatic carbocycles. The van der Waals surface area contributed by atoms with Gasteiger partial charge in [0.1, 0.15) is 0 Å². The number of nitrogens with zero attached hydrogens (tertiary/aromatic N) is 2. The number of hydrogen-bond acceptors (Lipinski definition) is 4. The molecule has 3 rings (SSSR count). The Labute approximate surface area is 165 Å². The topological polar surface area (TPSA) is 64.1 Å². The number of aromatic nitrogens is 2. The summed E-state index contributed by atoms with van der Waals surface area (Å²) in [6, 6.07) is 8.38. The van der Waals surface area contributed by atoms with Crippen LogP contribution in [-0.4, -0.2) is 22.5 Å². The van der Waals surface area contributed by atoms with E-state index >= 15 is 0 Å². The molecule has 5 nitrogen and oxygen atoms in total. The number of benzene rings is 2. The number of fused-ring (bicyclic) bond motifs is 1. The highest BCUT2D eigenvalue weighted by Gasteiger charge is 2.34. The molecule has 0 saturated carbocycles. The van der Waals surface area contributed by atoms with Gasteiger partial charge in [0.2, 0.25) is 5.88 Å². The number of ether oxygens (including phenoxy) is 1. The van der Waals surface area contributed by atoms with Crippen LogP contribution in [0, 0.1) is 13.8 Å². The lowest BCUT2D eigenvalue weighted by Crippen LogP contribution is -2.19. The predicted molar refractivity (Wildman–Crippen MR) is 104 cm³/mol. The van der Waals surface area contributed by atoms with Crippen LogP contribution in [-0.2, 0) is 6.18 Å². The molecule has 8 heteroatoms. The molecule has 3 aromatic rings. The van der Waals surface area contributed by atoms with Crippen LogP contribution in [0.15, 0.2) is 36.4 Å². The van der Waals surface area contributed by atoms with Crippen LogP contribution >= 0.6 is 0 Å². The van der Waals surface area contributed by atoms with Crippen molar-refractivity contribution >= 4 is 22.6 Å². The van der Waals surface area contributed by atoms with Crippen LogP contribution in [0.2, 0.25) is 0 Å². The van der Waals surface area contributed by atoms with E-state index in [0.717, 1.165) is 17.2 Å². The molecule has 0 bridgehead atoms. The predicted octanol–water partition coefficient (Wildman–Crippen LogP) is 5.31. The molecule has 2 aromatic carbocycles. The molecular formula is C21H20F3N3O2. The van der Waals surface area contributed by atoms with Crippen molar-refractivity contribution in [3.8, 4) is 5.88 Å². The normalized spacial score (nSPS) is 11.5. The second-order valence-corrected chi connectivity index (χ2v) is 6.65. The number of rotatable bonds is 5. The zero-order valence-electron chi connectivity index (χ0n) is 16.2. The Hall–Kier alpha value is -3.16. The average molecular weight is 403 g/mol. The van der Waals surface area contributed by atoms with Gasteiger partial charge in [-0.25, -0.2) is 9.97 Å². The summed E-state index contributed by atoms with van der Waals surface area (Å²) < 4.78 is 45.3. The number of aryl methyl sites for hydroxylation is 2. The van der Waals surface area contributed by atoms with Crippen LogP contribution in [0.4, 0.5) is 18.9 Å². The number of anilines is 1. The molecule has 1 amide bonds. The van der Waals surface area contributed by atoms with Crippen molar-refractivity contribution in [1.29, 1.82) is 0 Å². The zero-order chi connectivity index (χ0) is 21.2. The minimum Gasteiger partial charge on any atom is -0.476 e. The molecule has 29 heavy (non-hydrogen) atoms. The molecule has 0 aliphatic rings. The molecule has 0 atom stereocenters. The summed E-state index contributed by atoms with van der Waals surface area (Å²) in [5, 5.41) is 2.30. The van der Waals surface area contributed by atoms with E-state index in [1.807, 2.05) is 26.8 Å². The third-order valence-electron chi connectivity index (χ3n) is 4.39. The van der Waals surface area contributed by atoms with Gasteiger partial charge < -0.3 is 10.1 Å². The summed E-state index contributed by atoms with van der Waals surface area (Å²) in [4.78, 5) is 21.5. The van der Waals surface area contributed by atoms with Gasteiger partial charge in [-0.05, 0) is 55.7 Å². The molecule has 1 heterocycles. The van der Waals surface area contributed by atoms with Gasteiger partial charge in [-0.15, -0.1) is 0 Å². The van der Waals surface area contributed by atoms with E-state index in [1.54, 1.807) is 6.07 Å². The van der Waals surface area contributed by atoms with Gasteiger partial charge in [0.25, 0.3) is 5.91 Å². The minimum atomic E-state index is -4.60. The molecule has 0 spiro atoms. The first-order chi connectivity index (χ1) is 13.7. The van der Waals surface area contributed by atoms with E-state index in [9.17, 15) is 18.0 Å². The van der Waals surface area contributed by atoms with Gasteiger partial charge in [-0.1, -0.05) is 19.1 Å². The zero-order valence-corrected chi connectivity index (χ0v) is 16.2. The van der Waals surface area contributed by atoms with E-state index in [1.165, 1.54) is 18.2 Å². The van der Waals surface area contributed by atoms with Gasteiger partial charge in [0, 0.05) is 0 Å². The largest absolute Gasteiger partial charge is 0.476 e. The van der Waals surface area contributed by atoms with Crippen LogP contribution in [0.3, 0.4) is 0 Å². The molecule has 0 unspecified atom stereocenters. The maximum absolute atomic E-state index is 13.2. The molecule has 0 saturated heterocycles. The fourth-order valence-corrected chi connectivity index (χ4v) is 2.76. The molecule has 152 valence electrons. The summed E-state index contributed by atoms with van der Waals surface area (Å²) in [7, 11) is 0. The molecule has 0 fully saturated rings. The number of nitrogens with one attached hydrogen (secondary N) is 1. The maximum atomic E-state index is 13.2. The number of halogens is 3. The highest BCUT2D eigenvalue weighted by Crippen LogP contribution is 2.35. The Kier molecular flexibility index (Phi) is 5.72. The Morgan fingerprint density at radius 3 is 2.31 bits per heavy atom. The quantitative estimate of drug-likeness (QED) is 0.627. The smallest absolute Gasteiger partial charge is 0.418 e.